The van der Waals surface area contributed by atoms with Crippen molar-refractivity contribution in [3.8, 4) is 0 Å². The Morgan fingerprint density at radius 2 is 1.96 bits per heavy atom. The normalized spacial score (nSPS) is 53.5. The Hall–Kier alpha value is -1.42. The van der Waals surface area contributed by atoms with Gasteiger partial charge < -0.3 is 9.84 Å². The molecule has 0 radical (unpaired) electrons. The molecule has 134 valence electrons. The van der Waals surface area contributed by atoms with Crippen LogP contribution in [0.5, 0.6) is 0 Å². The molecular formula is C21H26O4. The minimum atomic E-state index is -0.522. The van der Waals surface area contributed by atoms with Crippen LogP contribution in [-0.2, 0) is 14.3 Å². The maximum atomic E-state index is 12.8. The third-order valence-electron chi connectivity index (χ3n) is 8.33. The molecule has 0 aromatic carbocycles. The van der Waals surface area contributed by atoms with E-state index in [4.69, 9.17) is 4.74 Å². The van der Waals surface area contributed by atoms with Crippen molar-refractivity contribution in [1.82, 2.24) is 0 Å². The first-order chi connectivity index (χ1) is 11.9. The van der Waals surface area contributed by atoms with E-state index in [-0.39, 0.29) is 35.1 Å². The highest BCUT2D eigenvalue weighted by Crippen LogP contribution is 2.68. The van der Waals surface area contributed by atoms with Crippen molar-refractivity contribution in [2.75, 3.05) is 0 Å². The smallest absolute Gasteiger partial charge is 0.313 e. The monoisotopic (exact) mass is 342 g/mol. The molecule has 0 unspecified atom stereocenters. The van der Waals surface area contributed by atoms with E-state index < -0.39 is 11.5 Å². The number of ketones is 1. The molecule has 0 aromatic heterocycles. The molecule has 1 aliphatic heterocycles. The molecule has 0 bridgehead atoms. The van der Waals surface area contributed by atoms with Crippen LogP contribution < -0.4 is 0 Å². The van der Waals surface area contributed by atoms with Crippen molar-refractivity contribution < 1.29 is 19.4 Å². The predicted octanol–water partition coefficient (Wildman–Crippen LogP) is 2.81. The second-order valence-electron chi connectivity index (χ2n) is 9.13. The summed E-state index contributed by atoms with van der Waals surface area (Å²) >= 11 is 0. The lowest BCUT2D eigenvalue weighted by molar-refractivity contribution is -0.165. The van der Waals surface area contributed by atoms with Gasteiger partial charge in [-0.05, 0) is 63.0 Å². The summed E-state index contributed by atoms with van der Waals surface area (Å²) < 4.78 is 5.64. The number of hydrogen-bond donors (Lipinski definition) is 1. The minimum Gasteiger partial charge on any atom is -0.462 e. The largest absolute Gasteiger partial charge is 0.462 e. The molecule has 4 heteroatoms. The molecule has 1 spiro atoms. The van der Waals surface area contributed by atoms with E-state index >= 15 is 0 Å². The average Bonchev–Trinajstić information content (AvgIpc) is 3.04. The van der Waals surface area contributed by atoms with Gasteiger partial charge in [0.25, 0.3) is 0 Å². The van der Waals surface area contributed by atoms with Crippen molar-refractivity contribution in [2.24, 2.45) is 34.5 Å². The van der Waals surface area contributed by atoms with Crippen molar-refractivity contribution in [3.63, 3.8) is 0 Å². The molecule has 1 heterocycles. The lowest BCUT2D eigenvalue weighted by atomic mass is 9.46. The Bertz CT molecular complexity index is 721. The van der Waals surface area contributed by atoms with Crippen LogP contribution in [0.15, 0.2) is 23.8 Å². The van der Waals surface area contributed by atoms with Crippen molar-refractivity contribution in [1.29, 1.82) is 0 Å². The highest BCUT2D eigenvalue weighted by Gasteiger charge is 2.70. The first-order valence-corrected chi connectivity index (χ1v) is 9.71. The number of carbonyl (C=O) groups excluding carboxylic acids is 2. The fourth-order valence-electron chi connectivity index (χ4n) is 7.41. The van der Waals surface area contributed by atoms with E-state index in [9.17, 15) is 14.7 Å². The second kappa shape index (κ2) is 4.85. The summed E-state index contributed by atoms with van der Waals surface area (Å²) in [5.74, 6) is 0.982. The van der Waals surface area contributed by atoms with Crippen LogP contribution in [0.3, 0.4) is 0 Å². The van der Waals surface area contributed by atoms with E-state index in [2.05, 4.69) is 6.92 Å². The quantitative estimate of drug-likeness (QED) is 0.688. The van der Waals surface area contributed by atoms with Crippen molar-refractivity contribution in [2.45, 2.75) is 58.2 Å². The third-order valence-corrected chi connectivity index (χ3v) is 8.33. The van der Waals surface area contributed by atoms with Crippen LogP contribution >= 0.6 is 0 Å². The number of aliphatic hydroxyl groups is 1. The highest BCUT2D eigenvalue weighted by molar-refractivity contribution is 6.01. The molecule has 0 amide bonds. The molecule has 25 heavy (non-hydrogen) atoms. The molecule has 4 fully saturated rings. The molecule has 5 rings (SSSR count). The van der Waals surface area contributed by atoms with E-state index in [1.54, 1.807) is 12.2 Å². The molecule has 1 N–H and O–H groups in total. The topological polar surface area (TPSA) is 63.6 Å². The summed E-state index contributed by atoms with van der Waals surface area (Å²) in [6, 6.07) is 0. The number of hydrogen-bond acceptors (Lipinski definition) is 4. The number of fused-ring (bicyclic) bond motifs is 4. The van der Waals surface area contributed by atoms with Crippen LogP contribution in [0, 0.1) is 34.5 Å². The fourth-order valence-corrected chi connectivity index (χ4v) is 7.41. The Morgan fingerprint density at radius 1 is 1.20 bits per heavy atom. The van der Waals surface area contributed by atoms with Gasteiger partial charge in [0.1, 0.15) is 6.10 Å². The van der Waals surface area contributed by atoms with Gasteiger partial charge in [-0.15, -0.1) is 0 Å². The summed E-state index contributed by atoms with van der Waals surface area (Å²) in [4.78, 5) is 24.7. The van der Waals surface area contributed by atoms with Gasteiger partial charge in [-0.3, -0.25) is 9.59 Å². The number of ether oxygens (including phenoxy) is 1. The molecule has 1 saturated heterocycles. The lowest BCUT2D eigenvalue weighted by Crippen LogP contribution is -2.57. The first-order valence-electron chi connectivity index (χ1n) is 9.71. The zero-order chi connectivity index (χ0) is 17.6. The van der Waals surface area contributed by atoms with E-state index in [1.807, 2.05) is 13.0 Å². The number of rotatable bonds is 0. The van der Waals surface area contributed by atoms with Gasteiger partial charge in [-0.1, -0.05) is 18.6 Å². The third kappa shape index (κ3) is 1.77. The van der Waals surface area contributed by atoms with Crippen LogP contribution in [0.25, 0.3) is 0 Å². The standard InChI is InChI=1S/C21H26O4/c1-11-15-5-6-16-14-4-3-12-9-13(22)7-8-20(12,2)18(14)17(23)10-21(15,16)19(24)25-11/h7-9,11,14-18,23H,3-6,10H2,1-2H3/t11-,14-,15-,16-,17+,18-,20-,21+/m1/s1. The Labute approximate surface area is 148 Å². The summed E-state index contributed by atoms with van der Waals surface area (Å²) in [5, 5.41) is 11.2. The maximum Gasteiger partial charge on any atom is 0.313 e. The van der Waals surface area contributed by atoms with E-state index in [0.717, 1.165) is 31.3 Å². The van der Waals surface area contributed by atoms with Gasteiger partial charge in [0.2, 0.25) is 0 Å². The number of carbonyl (C=O) groups is 2. The molecular weight excluding hydrogens is 316 g/mol. The molecule has 8 atom stereocenters. The lowest BCUT2D eigenvalue weighted by Gasteiger charge is -2.57. The zero-order valence-electron chi connectivity index (χ0n) is 14.9. The summed E-state index contributed by atoms with van der Waals surface area (Å²) in [5.41, 5.74) is 0.434. The summed E-state index contributed by atoms with van der Waals surface area (Å²) in [6.07, 6.45) is 9.38. The van der Waals surface area contributed by atoms with Gasteiger partial charge in [0, 0.05) is 17.3 Å². The van der Waals surface area contributed by atoms with Crippen LogP contribution in [0.4, 0.5) is 0 Å². The molecule has 4 nitrogen and oxygen atoms in total. The fraction of sp³-hybridized carbons (Fsp3) is 0.714. The average molecular weight is 342 g/mol. The number of esters is 1. The van der Waals surface area contributed by atoms with Crippen molar-refractivity contribution in [3.05, 3.63) is 23.8 Å². The van der Waals surface area contributed by atoms with E-state index in [1.165, 1.54) is 0 Å². The second-order valence-corrected chi connectivity index (χ2v) is 9.13. The predicted molar refractivity (Wildman–Crippen MR) is 91.4 cm³/mol. The Balaban J connectivity index is 1.59. The van der Waals surface area contributed by atoms with Gasteiger partial charge >= 0.3 is 5.97 Å². The van der Waals surface area contributed by atoms with Crippen molar-refractivity contribution >= 4 is 11.8 Å². The number of cyclic esters (lactones) is 1. The van der Waals surface area contributed by atoms with Gasteiger partial charge in [0.15, 0.2) is 5.78 Å². The van der Waals surface area contributed by atoms with Gasteiger partial charge in [-0.25, -0.2) is 0 Å². The van der Waals surface area contributed by atoms with Crippen LogP contribution in [0.1, 0.15) is 46.0 Å². The Kier molecular flexibility index (Phi) is 3.06. The van der Waals surface area contributed by atoms with Gasteiger partial charge in [-0.2, -0.15) is 0 Å². The number of allylic oxidation sites excluding steroid dienone is 4. The van der Waals surface area contributed by atoms with Crippen LogP contribution in [0.2, 0.25) is 0 Å². The Morgan fingerprint density at radius 3 is 2.76 bits per heavy atom. The van der Waals surface area contributed by atoms with E-state index in [0.29, 0.717) is 18.3 Å². The number of aliphatic hydroxyl groups excluding tert-OH is 1. The molecule has 0 aromatic rings. The maximum absolute atomic E-state index is 12.8. The van der Waals surface area contributed by atoms with Gasteiger partial charge in [0.05, 0.1) is 11.5 Å². The summed E-state index contributed by atoms with van der Waals surface area (Å²) in [6.45, 7) is 4.18. The molecule has 4 aliphatic carbocycles. The van der Waals surface area contributed by atoms with Crippen LogP contribution in [-0.4, -0.2) is 29.1 Å². The minimum absolute atomic E-state index is 0.0249. The molecule has 5 aliphatic rings. The highest BCUT2D eigenvalue weighted by atomic mass is 16.6. The summed E-state index contributed by atoms with van der Waals surface area (Å²) in [7, 11) is 0. The zero-order valence-corrected chi connectivity index (χ0v) is 14.9. The first kappa shape index (κ1) is 15.8. The molecule has 3 saturated carbocycles. The SMILES string of the molecule is C[C@H]1OC(=O)[C@]23C[C@H](O)[C@H]4[C@H](CCC5=CC(=O)C=C[C@]54C)[C@H]2CC[C@H]13.